The van der Waals surface area contributed by atoms with Gasteiger partial charge in [0, 0.05) is 16.7 Å². The molecule has 0 amide bonds. The van der Waals surface area contributed by atoms with Gasteiger partial charge in [0.1, 0.15) is 0 Å². The molecule has 0 spiro atoms. The smallest absolute Gasteiger partial charge is 0.0542 e. The molecule has 0 aliphatic rings. The first-order valence-corrected chi connectivity index (χ1v) is 6.73. The molecule has 1 atom stereocenters. The van der Waals surface area contributed by atoms with Crippen LogP contribution in [0, 0.1) is 0 Å². The second-order valence-electron chi connectivity index (χ2n) is 3.68. The molecule has 2 N–H and O–H groups in total. The molecule has 0 aliphatic carbocycles. The van der Waals surface area contributed by atoms with Crippen molar-refractivity contribution in [2.75, 3.05) is 6.54 Å². The number of halogens is 1. The molecule has 1 nitrogen and oxygen atoms in total. The lowest BCUT2D eigenvalue weighted by Gasteiger charge is -2.15. The van der Waals surface area contributed by atoms with Gasteiger partial charge in [0.15, 0.2) is 0 Å². The van der Waals surface area contributed by atoms with Crippen molar-refractivity contribution in [2.24, 2.45) is 5.73 Å². The van der Waals surface area contributed by atoms with Crippen LogP contribution in [0.25, 0.3) is 0 Å². The molecule has 0 radical (unpaired) electrons. The average Bonchev–Trinajstić information content (AvgIpc) is 2.39. The summed E-state index contributed by atoms with van der Waals surface area (Å²) in [6, 6.07) is 18.1. The van der Waals surface area contributed by atoms with E-state index >= 15 is 0 Å². The second kappa shape index (κ2) is 6.10. The molecule has 88 valence electrons. The minimum atomic E-state index is 0.246. The van der Waals surface area contributed by atoms with Crippen LogP contribution in [0.15, 0.2) is 59.5 Å². The van der Waals surface area contributed by atoms with Gasteiger partial charge in [0.05, 0.1) is 5.02 Å². The van der Waals surface area contributed by atoms with Gasteiger partial charge in [0.2, 0.25) is 0 Å². The van der Waals surface area contributed by atoms with Gasteiger partial charge >= 0.3 is 0 Å². The van der Waals surface area contributed by atoms with Crippen LogP contribution in [-0.2, 0) is 0 Å². The fraction of sp³-hybridized carbons (Fsp3) is 0.143. The molecule has 0 heterocycles. The van der Waals surface area contributed by atoms with E-state index in [1.54, 1.807) is 11.8 Å². The van der Waals surface area contributed by atoms with E-state index in [2.05, 4.69) is 12.1 Å². The first-order valence-electron chi connectivity index (χ1n) is 5.47. The molecule has 1 unspecified atom stereocenters. The summed E-state index contributed by atoms with van der Waals surface area (Å²) in [5, 5.41) is 1.03. The monoisotopic (exact) mass is 263 g/mol. The van der Waals surface area contributed by atoms with E-state index in [4.69, 9.17) is 17.3 Å². The molecule has 2 aromatic rings. The standard InChI is InChI=1S/C14H14ClNS/c15-12-8-4-5-9-13(12)17-14(10-16)11-6-2-1-3-7-11/h1-9,14H,10,16H2. The van der Waals surface area contributed by atoms with Gasteiger partial charge in [-0.25, -0.2) is 0 Å². The average molecular weight is 264 g/mol. The Morgan fingerprint density at radius 3 is 2.29 bits per heavy atom. The Morgan fingerprint density at radius 2 is 1.65 bits per heavy atom. The van der Waals surface area contributed by atoms with E-state index in [1.165, 1.54) is 5.56 Å². The summed E-state index contributed by atoms with van der Waals surface area (Å²) in [7, 11) is 0. The lowest BCUT2D eigenvalue weighted by Crippen LogP contribution is -2.09. The second-order valence-corrected chi connectivity index (χ2v) is 5.34. The van der Waals surface area contributed by atoms with Crippen LogP contribution in [0.1, 0.15) is 10.8 Å². The van der Waals surface area contributed by atoms with Crippen LogP contribution in [0.5, 0.6) is 0 Å². The Kier molecular flexibility index (Phi) is 4.49. The van der Waals surface area contributed by atoms with E-state index < -0.39 is 0 Å². The topological polar surface area (TPSA) is 26.0 Å². The highest BCUT2D eigenvalue weighted by atomic mass is 35.5. The van der Waals surface area contributed by atoms with Crippen LogP contribution >= 0.6 is 23.4 Å². The van der Waals surface area contributed by atoms with Crippen molar-refractivity contribution >= 4 is 23.4 Å². The SMILES string of the molecule is NCC(Sc1ccccc1Cl)c1ccccc1. The zero-order valence-electron chi connectivity index (χ0n) is 9.34. The van der Waals surface area contributed by atoms with Crippen molar-refractivity contribution in [3.05, 3.63) is 65.2 Å². The Hall–Kier alpha value is -0.960. The van der Waals surface area contributed by atoms with E-state index in [0.717, 1.165) is 9.92 Å². The normalized spacial score (nSPS) is 12.4. The summed E-state index contributed by atoms with van der Waals surface area (Å²) in [6.07, 6.45) is 0. The van der Waals surface area contributed by atoms with Gasteiger partial charge in [-0.15, -0.1) is 11.8 Å². The summed E-state index contributed by atoms with van der Waals surface area (Å²) in [6.45, 7) is 0.597. The number of hydrogen-bond acceptors (Lipinski definition) is 2. The van der Waals surface area contributed by atoms with Gasteiger partial charge in [-0.2, -0.15) is 0 Å². The third-order valence-corrected chi connectivity index (χ3v) is 4.29. The Labute approximate surface area is 111 Å². The third-order valence-electron chi connectivity index (χ3n) is 2.49. The van der Waals surface area contributed by atoms with Crippen LogP contribution in [0.3, 0.4) is 0 Å². The molecule has 0 fully saturated rings. The highest BCUT2D eigenvalue weighted by molar-refractivity contribution is 7.99. The van der Waals surface area contributed by atoms with E-state index in [0.29, 0.717) is 6.54 Å². The van der Waals surface area contributed by atoms with Crippen LogP contribution in [0.4, 0.5) is 0 Å². The molecule has 0 saturated carbocycles. The fourth-order valence-electron chi connectivity index (χ4n) is 1.61. The largest absolute Gasteiger partial charge is 0.329 e. The summed E-state index contributed by atoms with van der Waals surface area (Å²) in [5.41, 5.74) is 7.07. The summed E-state index contributed by atoms with van der Waals surface area (Å²) in [4.78, 5) is 1.08. The van der Waals surface area contributed by atoms with Crippen molar-refractivity contribution < 1.29 is 0 Å². The number of rotatable bonds is 4. The molecular weight excluding hydrogens is 250 g/mol. The Bertz CT molecular complexity index is 473. The van der Waals surface area contributed by atoms with E-state index in [9.17, 15) is 0 Å². The minimum Gasteiger partial charge on any atom is -0.329 e. The number of hydrogen-bond donors (Lipinski definition) is 1. The fourth-order valence-corrected chi connectivity index (χ4v) is 2.92. The maximum atomic E-state index is 6.15. The molecule has 2 aromatic carbocycles. The summed E-state index contributed by atoms with van der Waals surface area (Å²) < 4.78 is 0. The lowest BCUT2D eigenvalue weighted by atomic mass is 10.1. The van der Waals surface area contributed by atoms with Crippen molar-refractivity contribution in [3.63, 3.8) is 0 Å². The van der Waals surface area contributed by atoms with Gasteiger partial charge in [-0.05, 0) is 17.7 Å². The minimum absolute atomic E-state index is 0.246. The highest BCUT2D eigenvalue weighted by Crippen LogP contribution is 2.37. The molecule has 3 heteroatoms. The molecular formula is C14H14ClNS. The lowest BCUT2D eigenvalue weighted by molar-refractivity contribution is 0.941. The molecule has 0 aromatic heterocycles. The van der Waals surface area contributed by atoms with Crippen molar-refractivity contribution in [2.45, 2.75) is 10.1 Å². The van der Waals surface area contributed by atoms with Crippen LogP contribution in [0.2, 0.25) is 5.02 Å². The predicted octanol–water partition coefficient (Wildman–Crippen LogP) is 4.13. The predicted molar refractivity (Wildman–Crippen MR) is 75.5 cm³/mol. The zero-order chi connectivity index (χ0) is 12.1. The van der Waals surface area contributed by atoms with Crippen molar-refractivity contribution in [3.8, 4) is 0 Å². The van der Waals surface area contributed by atoms with Crippen molar-refractivity contribution in [1.29, 1.82) is 0 Å². The van der Waals surface area contributed by atoms with Gasteiger partial charge in [0.25, 0.3) is 0 Å². The number of benzene rings is 2. The number of thioether (sulfide) groups is 1. The molecule has 2 rings (SSSR count). The maximum Gasteiger partial charge on any atom is 0.0542 e. The van der Waals surface area contributed by atoms with Crippen LogP contribution < -0.4 is 5.73 Å². The Morgan fingerprint density at radius 1 is 1.00 bits per heavy atom. The first kappa shape index (κ1) is 12.5. The molecule has 0 saturated heterocycles. The molecule has 0 bridgehead atoms. The van der Waals surface area contributed by atoms with Gasteiger partial charge in [-0.3, -0.25) is 0 Å². The van der Waals surface area contributed by atoms with E-state index in [-0.39, 0.29) is 5.25 Å². The zero-order valence-corrected chi connectivity index (χ0v) is 10.9. The molecule has 17 heavy (non-hydrogen) atoms. The van der Waals surface area contributed by atoms with Crippen molar-refractivity contribution in [1.82, 2.24) is 0 Å². The quantitative estimate of drug-likeness (QED) is 0.840. The van der Waals surface area contributed by atoms with E-state index in [1.807, 2.05) is 42.5 Å². The Balaban J connectivity index is 2.19. The first-order chi connectivity index (χ1) is 8.31. The maximum absolute atomic E-state index is 6.15. The van der Waals surface area contributed by atoms with Crippen LogP contribution in [-0.4, -0.2) is 6.54 Å². The van der Waals surface area contributed by atoms with Gasteiger partial charge in [-0.1, -0.05) is 54.1 Å². The number of nitrogens with two attached hydrogens (primary N) is 1. The summed E-state index contributed by atoms with van der Waals surface area (Å²) in [5.74, 6) is 0. The highest BCUT2D eigenvalue weighted by Gasteiger charge is 2.12. The third kappa shape index (κ3) is 3.25. The van der Waals surface area contributed by atoms with Gasteiger partial charge < -0.3 is 5.73 Å². The molecule has 0 aliphatic heterocycles. The summed E-state index contributed by atoms with van der Waals surface area (Å²) >= 11 is 7.86.